The predicted molar refractivity (Wildman–Crippen MR) is 58.4 cm³/mol. The summed E-state index contributed by atoms with van der Waals surface area (Å²) in [6.07, 6.45) is 0. The van der Waals surface area contributed by atoms with Crippen LogP contribution in [0.15, 0.2) is 29.3 Å². The van der Waals surface area contributed by atoms with Crippen molar-refractivity contribution in [2.24, 2.45) is 0 Å². The summed E-state index contributed by atoms with van der Waals surface area (Å²) in [5, 5.41) is 3.13. The molecule has 0 aliphatic heterocycles. The Morgan fingerprint density at radius 1 is 1.50 bits per heavy atom. The van der Waals surface area contributed by atoms with Crippen molar-refractivity contribution in [3.8, 4) is 0 Å². The first-order valence-corrected chi connectivity index (χ1v) is 4.57. The van der Waals surface area contributed by atoms with Crippen LogP contribution in [-0.4, -0.2) is 7.05 Å². The molecule has 0 aliphatic carbocycles. The lowest BCUT2D eigenvalue weighted by molar-refractivity contribution is 1.45. The van der Waals surface area contributed by atoms with E-state index >= 15 is 0 Å². The first-order valence-electron chi connectivity index (χ1n) is 3.78. The van der Waals surface area contributed by atoms with Gasteiger partial charge >= 0.3 is 0 Å². The minimum Gasteiger partial charge on any atom is -0.388 e. The lowest BCUT2D eigenvalue weighted by Gasteiger charge is -2.08. The zero-order valence-corrected chi connectivity index (χ0v) is 8.90. The van der Waals surface area contributed by atoms with E-state index in [9.17, 15) is 0 Å². The van der Waals surface area contributed by atoms with E-state index in [1.807, 2.05) is 26.1 Å². The molecule has 0 aliphatic rings. The summed E-state index contributed by atoms with van der Waals surface area (Å²) in [7, 11) is 1.91. The molecule has 0 fully saturated rings. The van der Waals surface area contributed by atoms with Gasteiger partial charge in [-0.15, -0.1) is 0 Å². The van der Waals surface area contributed by atoms with E-state index in [0.717, 1.165) is 15.7 Å². The van der Waals surface area contributed by atoms with Crippen molar-refractivity contribution >= 4 is 27.2 Å². The highest BCUT2D eigenvalue weighted by atomic mass is 79.9. The molecule has 0 aromatic heterocycles. The molecule has 0 atom stereocenters. The summed E-state index contributed by atoms with van der Waals surface area (Å²) in [6.45, 7) is 5.91. The van der Waals surface area contributed by atoms with Gasteiger partial charge in [0.2, 0.25) is 0 Å². The maximum absolute atomic E-state index is 3.91. The Morgan fingerprint density at radius 2 is 2.17 bits per heavy atom. The third-order valence-corrected chi connectivity index (χ3v) is 2.20. The SMILES string of the molecule is C=C(C)c1ccc(Br)cc1NC. The number of hydrogen-bond donors (Lipinski definition) is 1. The summed E-state index contributed by atoms with van der Waals surface area (Å²) in [5.74, 6) is 0. The third kappa shape index (κ3) is 1.89. The van der Waals surface area contributed by atoms with Crippen LogP contribution in [0.5, 0.6) is 0 Å². The Labute approximate surface area is 81.6 Å². The summed E-state index contributed by atoms with van der Waals surface area (Å²) >= 11 is 3.42. The molecular weight excluding hydrogens is 214 g/mol. The molecule has 1 aromatic rings. The van der Waals surface area contributed by atoms with Gasteiger partial charge in [-0.1, -0.05) is 28.6 Å². The van der Waals surface area contributed by atoms with Crippen LogP contribution >= 0.6 is 15.9 Å². The highest BCUT2D eigenvalue weighted by molar-refractivity contribution is 9.10. The van der Waals surface area contributed by atoms with Crippen LogP contribution in [0.3, 0.4) is 0 Å². The van der Waals surface area contributed by atoms with Crippen molar-refractivity contribution in [3.63, 3.8) is 0 Å². The molecule has 0 radical (unpaired) electrons. The highest BCUT2D eigenvalue weighted by Crippen LogP contribution is 2.25. The molecule has 2 heteroatoms. The molecule has 0 unspecified atom stereocenters. The van der Waals surface area contributed by atoms with E-state index in [1.54, 1.807) is 0 Å². The van der Waals surface area contributed by atoms with E-state index in [2.05, 4.69) is 33.9 Å². The second-order valence-electron chi connectivity index (χ2n) is 2.72. The van der Waals surface area contributed by atoms with E-state index in [0.29, 0.717) is 0 Å². The molecule has 0 saturated carbocycles. The normalized spacial score (nSPS) is 9.58. The Balaban J connectivity index is 3.20. The van der Waals surface area contributed by atoms with Crippen LogP contribution in [-0.2, 0) is 0 Å². The van der Waals surface area contributed by atoms with Gasteiger partial charge < -0.3 is 5.32 Å². The van der Waals surface area contributed by atoms with Gasteiger partial charge in [-0.2, -0.15) is 0 Å². The van der Waals surface area contributed by atoms with Gasteiger partial charge in [0.25, 0.3) is 0 Å². The maximum Gasteiger partial charge on any atom is 0.0424 e. The minimum absolute atomic E-state index is 1.08. The van der Waals surface area contributed by atoms with Gasteiger partial charge in [-0.05, 0) is 30.2 Å². The molecule has 64 valence electrons. The molecule has 0 amide bonds. The smallest absolute Gasteiger partial charge is 0.0424 e. The average Bonchev–Trinajstić information content (AvgIpc) is 2.03. The van der Waals surface area contributed by atoms with Gasteiger partial charge in [0.05, 0.1) is 0 Å². The Kier molecular flexibility index (Phi) is 2.93. The zero-order valence-electron chi connectivity index (χ0n) is 7.32. The molecule has 12 heavy (non-hydrogen) atoms. The fraction of sp³-hybridized carbons (Fsp3) is 0.200. The van der Waals surface area contributed by atoms with E-state index in [-0.39, 0.29) is 0 Å². The van der Waals surface area contributed by atoms with E-state index < -0.39 is 0 Å². The number of nitrogens with one attached hydrogen (secondary N) is 1. The van der Waals surface area contributed by atoms with Crippen LogP contribution in [0.1, 0.15) is 12.5 Å². The molecule has 0 spiro atoms. The molecular formula is C10H12BrN. The first-order chi connectivity index (χ1) is 5.65. The predicted octanol–water partition coefficient (Wildman–Crippen LogP) is 3.52. The molecule has 0 heterocycles. The minimum atomic E-state index is 1.08. The number of anilines is 1. The second kappa shape index (κ2) is 3.76. The van der Waals surface area contributed by atoms with E-state index in [4.69, 9.17) is 0 Å². The van der Waals surface area contributed by atoms with Crippen LogP contribution in [0.2, 0.25) is 0 Å². The van der Waals surface area contributed by atoms with Crippen LogP contribution in [0.25, 0.3) is 5.57 Å². The Bertz CT molecular complexity index is 305. The van der Waals surface area contributed by atoms with Gasteiger partial charge in [0.15, 0.2) is 0 Å². The van der Waals surface area contributed by atoms with Crippen molar-refractivity contribution < 1.29 is 0 Å². The standard InChI is InChI=1S/C10H12BrN/c1-7(2)9-5-4-8(11)6-10(9)12-3/h4-6,12H,1H2,2-3H3. The number of halogens is 1. The van der Waals surface area contributed by atoms with Crippen molar-refractivity contribution in [1.29, 1.82) is 0 Å². The zero-order chi connectivity index (χ0) is 9.14. The van der Waals surface area contributed by atoms with E-state index in [1.165, 1.54) is 5.56 Å². The number of rotatable bonds is 2. The van der Waals surface area contributed by atoms with Gasteiger partial charge in [0, 0.05) is 17.2 Å². The van der Waals surface area contributed by atoms with Crippen molar-refractivity contribution in [2.75, 3.05) is 12.4 Å². The number of allylic oxidation sites excluding steroid dienone is 1. The van der Waals surface area contributed by atoms with Gasteiger partial charge in [-0.25, -0.2) is 0 Å². The van der Waals surface area contributed by atoms with Crippen molar-refractivity contribution in [3.05, 3.63) is 34.8 Å². The van der Waals surface area contributed by atoms with Crippen LogP contribution in [0.4, 0.5) is 5.69 Å². The fourth-order valence-corrected chi connectivity index (χ4v) is 1.46. The summed E-state index contributed by atoms with van der Waals surface area (Å²) in [6, 6.07) is 6.12. The molecule has 1 aromatic carbocycles. The summed E-state index contributed by atoms with van der Waals surface area (Å²) in [4.78, 5) is 0. The first kappa shape index (κ1) is 9.33. The van der Waals surface area contributed by atoms with Crippen molar-refractivity contribution in [1.82, 2.24) is 0 Å². The summed E-state index contributed by atoms with van der Waals surface area (Å²) < 4.78 is 1.08. The Hall–Kier alpha value is -0.760. The number of benzene rings is 1. The number of hydrogen-bond acceptors (Lipinski definition) is 1. The van der Waals surface area contributed by atoms with Crippen LogP contribution in [0, 0.1) is 0 Å². The quantitative estimate of drug-likeness (QED) is 0.813. The van der Waals surface area contributed by atoms with Crippen LogP contribution < -0.4 is 5.32 Å². The molecule has 0 bridgehead atoms. The third-order valence-electron chi connectivity index (χ3n) is 1.71. The monoisotopic (exact) mass is 225 g/mol. The largest absolute Gasteiger partial charge is 0.388 e. The molecule has 1 N–H and O–H groups in total. The van der Waals surface area contributed by atoms with Gasteiger partial charge in [0.1, 0.15) is 0 Å². The lowest BCUT2D eigenvalue weighted by atomic mass is 10.1. The topological polar surface area (TPSA) is 12.0 Å². The van der Waals surface area contributed by atoms with Gasteiger partial charge in [-0.3, -0.25) is 0 Å². The highest BCUT2D eigenvalue weighted by Gasteiger charge is 2.00. The molecule has 1 rings (SSSR count). The lowest BCUT2D eigenvalue weighted by Crippen LogP contribution is -1.92. The Morgan fingerprint density at radius 3 is 2.67 bits per heavy atom. The average molecular weight is 226 g/mol. The molecule has 0 saturated heterocycles. The second-order valence-corrected chi connectivity index (χ2v) is 3.64. The van der Waals surface area contributed by atoms with Crippen molar-refractivity contribution in [2.45, 2.75) is 6.92 Å². The molecule has 1 nitrogen and oxygen atoms in total. The fourth-order valence-electron chi connectivity index (χ4n) is 1.10. The maximum atomic E-state index is 3.91. The summed E-state index contributed by atoms with van der Waals surface area (Å²) in [5.41, 5.74) is 3.35.